The molecule has 2 amide bonds. The molecular weight excluding hydrogens is 336 g/mol. The lowest BCUT2D eigenvalue weighted by molar-refractivity contribution is -0.143. The standard InChI is InChI=1S/C18H20N4O4/c1-12-10-14(26-17-19-7-3-8-20-17)5-6-15(12)21-18(25)22-9-2-4-13(11-22)16(23)24/h3,5-8,10,13H,2,4,9,11H2,1H3,(H,21,25)(H,23,24). The smallest absolute Gasteiger partial charge is 0.321 e. The van der Waals surface area contributed by atoms with Gasteiger partial charge in [-0.3, -0.25) is 4.79 Å². The van der Waals surface area contributed by atoms with Crippen LogP contribution in [-0.2, 0) is 4.79 Å². The molecule has 1 aromatic heterocycles. The zero-order valence-electron chi connectivity index (χ0n) is 14.4. The molecule has 1 aliphatic heterocycles. The van der Waals surface area contributed by atoms with Crippen LogP contribution in [0.15, 0.2) is 36.7 Å². The largest absolute Gasteiger partial charge is 0.481 e. The first-order valence-electron chi connectivity index (χ1n) is 8.37. The SMILES string of the molecule is Cc1cc(Oc2ncccn2)ccc1NC(=O)N1CCCC(C(=O)O)C1. The molecular formula is C18H20N4O4. The highest BCUT2D eigenvalue weighted by molar-refractivity contribution is 5.90. The van der Waals surface area contributed by atoms with Crippen LogP contribution in [0, 0.1) is 12.8 Å². The molecule has 26 heavy (non-hydrogen) atoms. The van der Waals surface area contributed by atoms with Crippen LogP contribution >= 0.6 is 0 Å². The summed E-state index contributed by atoms with van der Waals surface area (Å²) in [4.78, 5) is 33.1. The van der Waals surface area contributed by atoms with E-state index in [1.54, 1.807) is 41.6 Å². The number of amides is 2. The fourth-order valence-corrected chi connectivity index (χ4v) is 2.84. The Hall–Kier alpha value is -3.16. The average molecular weight is 356 g/mol. The number of urea groups is 1. The van der Waals surface area contributed by atoms with Crippen molar-refractivity contribution >= 4 is 17.7 Å². The number of anilines is 1. The normalized spacial score (nSPS) is 16.8. The van der Waals surface area contributed by atoms with Crippen LogP contribution in [0.3, 0.4) is 0 Å². The summed E-state index contributed by atoms with van der Waals surface area (Å²) in [5, 5.41) is 12.0. The van der Waals surface area contributed by atoms with Crippen molar-refractivity contribution in [3.8, 4) is 11.8 Å². The van der Waals surface area contributed by atoms with Crippen molar-refractivity contribution in [3.63, 3.8) is 0 Å². The lowest BCUT2D eigenvalue weighted by Crippen LogP contribution is -2.44. The Kier molecular flexibility index (Phi) is 5.31. The van der Waals surface area contributed by atoms with Crippen molar-refractivity contribution < 1.29 is 19.4 Å². The highest BCUT2D eigenvalue weighted by Gasteiger charge is 2.28. The van der Waals surface area contributed by atoms with E-state index in [-0.39, 0.29) is 18.6 Å². The summed E-state index contributed by atoms with van der Waals surface area (Å²) in [6.07, 6.45) is 4.47. The number of carbonyl (C=O) groups excluding carboxylic acids is 1. The number of ether oxygens (including phenoxy) is 1. The van der Waals surface area contributed by atoms with Crippen LogP contribution < -0.4 is 10.1 Å². The minimum absolute atomic E-state index is 0.229. The van der Waals surface area contributed by atoms with E-state index in [2.05, 4.69) is 15.3 Å². The summed E-state index contributed by atoms with van der Waals surface area (Å²) < 4.78 is 5.57. The number of hydrogen-bond acceptors (Lipinski definition) is 5. The predicted molar refractivity (Wildman–Crippen MR) is 94.2 cm³/mol. The van der Waals surface area contributed by atoms with Gasteiger partial charge in [0, 0.05) is 31.2 Å². The van der Waals surface area contributed by atoms with Gasteiger partial charge in [0.05, 0.1) is 5.92 Å². The quantitative estimate of drug-likeness (QED) is 0.873. The predicted octanol–water partition coefficient (Wildman–Crippen LogP) is 2.91. The maximum atomic E-state index is 12.4. The highest BCUT2D eigenvalue weighted by Crippen LogP contribution is 2.25. The third-order valence-corrected chi connectivity index (χ3v) is 4.25. The number of nitrogens with one attached hydrogen (secondary N) is 1. The molecule has 2 N–H and O–H groups in total. The second kappa shape index (κ2) is 7.81. The van der Waals surface area contributed by atoms with E-state index in [1.807, 2.05) is 6.92 Å². The fraction of sp³-hybridized carbons (Fsp3) is 0.333. The number of aromatic nitrogens is 2. The number of carbonyl (C=O) groups is 2. The van der Waals surface area contributed by atoms with Gasteiger partial charge in [0.25, 0.3) is 0 Å². The zero-order valence-corrected chi connectivity index (χ0v) is 14.4. The molecule has 1 saturated heterocycles. The highest BCUT2D eigenvalue weighted by atomic mass is 16.5. The topological polar surface area (TPSA) is 105 Å². The molecule has 136 valence electrons. The van der Waals surface area contributed by atoms with Gasteiger partial charge in [-0.25, -0.2) is 14.8 Å². The van der Waals surface area contributed by atoms with E-state index in [0.29, 0.717) is 30.8 Å². The van der Waals surface area contributed by atoms with Crippen molar-refractivity contribution in [2.75, 3.05) is 18.4 Å². The number of hydrogen-bond donors (Lipinski definition) is 2. The van der Waals surface area contributed by atoms with E-state index in [4.69, 9.17) is 9.84 Å². The average Bonchev–Trinajstić information content (AvgIpc) is 2.65. The first-order chi connectivity index (χ1) is 12.5. The van der Waals surface area contributed by atoms with Crippen LogP contribution in [0.5, 0.6) is 11.8 Å². The molecule has 8 heteroatoms. The number of benzene rings is 1. The number of carboxylic acid groups (broad SMARTS) is 1. The molecule has 1 aliphatic rings. The molecule has 0 spiro atoms. The molecule has 2 aromatic rings. The Morgan fingerprint density at radius 3 is 2.77 bits per heavy atom. The maximum absolute atomic E-state index is 12.4. The fourth-order valence-electron chi connectivity index (χ4n) is 2.84. The lowest BCUT2D eigenvalue weighted by Gasteiger charge is -2.30. The summed E-state index contributed by atoms with van der Waals surface area (Å²) >= 11 is 0. The zero-order chi connectivity index (χ0) is 18.5. The van der Waals surface area contributed by atoms with Crippen LogP contribution in [0.25, 0.3) is 0 Å². The van der Waals surface area contributed by atoms with Crippen molar-refractivity contribution in [2.45, 2.75) is 19.8 Å². The van der Waals surface area contributed by atoms with E-state index in [0.717, 1.165) is 5.56 Å². The van der Waals surface area contributed by atoms with Gasteiger partial charge in [0.1, 0.15) is 5.75 Å². The number of piperidine rings is 1. The van der Waals surface area contributed by atoms with E-state index in [9.17, 15) is 9.59 Å². The molecule has 1 fully saturated rings. The molecule has 0 radical (unpaired) electrons. The maximum Gasteiger partial charge on any atom is 0.321 e. The van der Waals surface area contributed by atoms with Gasteiger partial charge in [-0.2, -0.15) is 0 Å². The molecule has 1 unspecified atom stereocenters. The minimum Gasteiger partial charge on any atom is -0.481 e. The third kappa shape index (κ3) is 4.27. The molecule has 0 aliphatic carbocycles. The number of nitrogens with zero attached hydrogens (tertiary/aromatic N) is 3. The summed E-state index contributed by atoms with van der Waals surface area (Å²) in [5.41, 5.74) is 1.47. The first kappa shape index (κ1) is 17.7. The summed E-state index contributed by atoms with van der Waals surface area (Å²) in [5.74, 6) is -0.795. The van der Waals surface area contributed by atoms with E-state index in [1.165, 1.54) is 0 Å². The lowest BCUT2D eigenvalue weighted by atomic mass is 9.99. The van der Waals surface area contributed by atoms with Gasteiger partial charge in [-0.1, -0.05) is 0 Å². The third-order valence-electron chi connectivity index (χ3n) is 4.25. The Labute approximate surface area is 150 Å². The Morgan fingerprint density at radius 1 is 1.31 bits per heavy atom. The molecule has 8 nitrogen and oxygen atoms in total. The first-order valence-corrected chi connectivity index (χ1v) is 8.37. The van der Waals surface area contributed by atoms with Crippen LogP contribution in [0.1, 0.15) is 18.4 Å². The molecule has 1 aromatic carbocycles. The van der Waals surface area contributed by atoms with Crippen molar-refractivity contribution in [3.05, 3.63) is 42.2 Å². The second-order valence-corrected chi connectivity index (χ2v) is 6.16. The van der Waals surface area contributed by atoms with Gasteiger partial charge < -0.3 is 20.1 Å². The molecule has 0 bridgehead atoms. The number of aryl methyl sites for hydroxylation is 1. The van der Waals surface area contributed by atoms with Crippen LogP contribution in [-0.4, -0.2) is 45.1 Å². The monoisotopic (exact) mass is 356 g/mol. The Bertz CT molecular complexity index is 797. The van der Waals surface area contributed by atoms with Crippen LogP contribution in [0.4, 0.5) is 10.5 Å². The number of aliphatic carboxylic acids is 1. The van der Waals surface area contributed by atoms with E-state index < -0.39 is 11.9 Å². The summed E-state index contributed by atoms with van der Waals surface area (Å²) in [6, 6.07) is 6.89. The van der Waals surface area contributed by atoms with Crippen molar-refractivity contribution in [1.82, 2.24) is 14.9 Å². The summed E-state index contributed by atoms with van der Waals surface area (Å²) in [6.45, 7) is 2.64. The Balaban J connectivity index is 1.64. The van der Waals surface area contributed by atoms with Crippen molar-refractivity contribution in [2.24, 2.45) is 5.92 Å². The number of likely N-dealkylation sites (tertiary alicyclic amines) is 1. The van der Waals surface area contributed by atoms with Gasteiger partial charge in [0.15, 0.2) is 0 Å². The van der Waals surface area contributed by atoms with Crippen molar-refractivity contribution in [1.29, 1.82) is 0 Å². The van der Waals surface area contributed by atoms with Gasteiger partial charge >= 0.3 is 18.0 Å². The molecule has 2 heterocycles. The molecule has 3 rings (SSSR count). The van der Waals surface area contributed by atoms with Crippen LogP contribution in [0.2, 0.25) is 0 Å². The second-order valence-electron chi connectivity index (χ2n) is 6.16. The van der Waals surface area contributed by atoms with Gasteiger partial charge in [-0.15, -0.1) is 0 Å². The Morgan fingerprint density at radius 2 is 2.08 bits per heavy atom. The number of carboxylic acids is 1. The molecule has 0 saturated carbocycles. The van der Waals surface area contributed by atoms with E-state index >= 15 is 0 Å². The summed E-state index contributed by atoms with van der Waals surface area (Å²) in [7, 11) is 0. The molecule has 1 atom stereocenters. The van der Waals surface area contributed by atoms with Gasteiger partial charge in [-0.05, 0) is 49.6 Å². The minimum atomic E-state index is -0.858. The number of rotatable bonds is 4. The van der Waals surface area contributed by atoms with Gasteiger partial charge in [0.2, 0.25) is 0 Å².